The average Bonchev–Trinajstić information content (AvgIpc) is 2.32. The molecule has 0 aliphatic rings. The Bertz CT molecular complexity index is 302. The Labute approximate surface area is 122 Å². The first-order valence-corrected chi connectivity index (χ1v) is 9.40. The summed E-state index contributed by atoms with van der Waals surface area (Å²) in [5.74, 6) is 0. The van der Waals surface area contributed by atoms with Gasteiger partial charge in [-0.3, -0.25) is 8.37 Å². The summed E-state index contributed by atoms with van der Waals surface area (Å²) in [6.45, 7) is 0. The highest BCUT2D eigenvalue weighted by molar-refractivity contribution is 8.82. The predicted molar refractivity (Wildman–Crippen MR) is 84.0 cm³/mol. The summed E-state index contributed by atoms with van der Waals surface area (Å²) in [6, 6.07) is 9.95. The summed E-state index contributed by atoms with van der Waals surface area (Å²) in [4.78, 5) is 0. The number of thiol groups is 2. The third-order valence-electron chi connectivity index (χ3n) is 1.37. The molecule has 1 aromatic carbocycles. The molecule has 0 spiro atoms. The van der Waals surface area contributed by atoms with E-state index in [0.29, 0.717) is 0 Å². The van der Waals surface area contributed by atoms with E-state index in [1.54, 1.807) is 0 Å². The predicted octanol–water partition coefficient (Wildman–Crippen LogP) is 4.78. The molecule has 0 saturated carbocycles. The van der Waals surface area contributed by atoms with Gasteiger partial charge in [-0.1, -0.05) is 30.3 Å². The van der Waals surface area contributed by atoms with E-state index in [0.717, 1.165) is 28.9 Å². The molecular weight excluding hydrogens is 315 g/mol. The zero-order valence-corrected chi connectivity index (χ0v) is 13.7. The molecule has 0 unspecified atom stereocenters. The van der Waals surface area contributed by atoms with Gasteiger partial charge in [0, 0.05) is 0 Å². The van der Waals surface area contributed by atoms with E-state index in [2.05, 4.69) is 33.6 Å². The van der Waals surface area contributed by atoms with E-state index in [1.165, 1.54) is 14.2 Å². The quantitative estimate of drug-likeness (QED) is 0.352. The van der Waals surface area contributed by atoms with Crippen LogP contribution in [0.15, 0.2) is 30.3 Å². The van der Waals surface area contributed by atoms with Gasteiger partial charge in [0.2, 0.25) is 0 Å². The van der Waals surface area contributed by atoms with Crippen molar-refractivity contribution in [2.75, 3.05) is 14.2 Å². The molecule has 0 amide bonds. The molecule has 8 heteroatoms. The van der Waals surface area contributed by atoms with Gasteiger partial charge in [-0.2, -0.15) is 25.3 Å². The molecule has 1 aromatic rings. The lowest BCUT2D eigenvalue weighted by Crippen LogP contribution is -1.77. The lowest BCUT2D eigenvalue weighted by Gasteiger charge is -2.00. The minimum atomic E-state index is -1.44. The van der Waals surface area contributed by atoms with Crippen molar-refractivity contribution >= 4 is 54.8 Å². The summed E-state index contributed by atoms with van der Waals surface area (Å²) in [5, 5.41) is 0. The van der Waals surface area contributed by atoms with Crippen LogP contribution in [-0.4, -0.2) is 14.2 Å². The molecule has 1 rings (SSSR count). The Kier molecular flexibility index (Phi) is 12.2. The van der Waals surface area contributed by atoms with Crippen LogP contribution in [0.25, 0.3) is 0 Å². The second-order valence-electron chi connectivity index (χ2n) is 2.49. The van der Waals surface area contributed by atoms with Crippen molar-refractivity contribution in [3.63, 3.8) is 0 Å². The van der Waals surface area contributed by atoms with Crippen LogP contribution in [0.5, 0.6) is 0 Å². The standard InChI is InChI=1S/C7H8S2.C2H6O3PS2/c8-7(9)6-4-2-1-3-5-6;1-4-7-6(3)8-5-2/h1-5,7-9H;1-2H3/q;+1. The van der Waals surface area contributed by atoms with Crippen molar-refractivity contribution in [3.8, 4) is 0 Å². The van der Waals surface area contributed by atoms with Crippen LogP contribution in [0.2, 0.25) is 0 Å². The van der Waals surface area contributed by atoms with Gasteiger partial charge in [0.15, 0.2) is 0 Å². The molecule has 0 bridgehead atoms. The van der Waals surface area contributed by atoms with Crippen LogP contribution in [0.3, 0.4) is 0 Å². The SMILES string of the molecule is COS[P+](=O)SOC.SC(S)c1ccccc1. The second kappa shape index (κ2) is 11.7. The molecule has 3 nitrogen and oxygen atoms in total. The molecule has 0 aromatic heterocycles. The molecule has 0 fully saturated rings. The molecule has 0 radical (unpaired) electrons. The fourth-order valence-corrected chi connectivity index (χ4v) is 3.50. The first-order chi connectivity index (χ1) is 8.11. The van der Waals surface area contributed by atoms with E-state index >= 15 is 0 Å². The van der Waals surface area contributed by atoms with Gasteiger partial charge in [-0.25, -0.2) is 0 Å². The van der Waals surface area contributed by atoms with Crippen LogP contribution in [0, 0.1) is 0 Å². The monoisotopic (exact) mass is 329 g/mol. The van der Waals surface area contributed by atoms with Gasteiger partial charge < -0.3 is 0 Å². The maximum absolute atomic E-state index is 10.5. The third-order valence-corrected chi connectivity index (χ3v) is 5.23. The smallest absolute Gasteiger partial charge is 0.276 e. The number of hydrogen-bond donors (Lipinski definition) is 2. The Balaban J connectivity index is 0.000000304. The zero-order valence-electron chi connectivity index (χ0n) is 9.35. The van der Waals surface area contributed by atoms with Crippen molar-refractivity contribution in [2.24, 2.45) is 0 Å². The minimum absolute atomic E-state index is 0.0474. The van der Waals surface area contributed by atoms with Crippen molar-refractivity contribution < 1.29 is 12.9 Å². The molecule has 96 valence electrons. The molecular formula is C9H14O3PS4+. The Morgan fingerprint density at radius 2 is 1.59 bits per heavy atom. The average molecular weight is 329 g/mol. The number of rotatable bonds is 5. The Hall–Kier alpha value is 0.640. The van der Waals surface area contributed by atoms with E-state index in [1.807, 2.05) is 30.3 Å². The van der Waals surface area contributed by atoms with Crippen LogP contribution in [0.4, 0.5) is 0 Å². The lowest BCUT2D eigenvalue weighted by atomic mass is 10.2. The molecule has 0 aliphatic heterocycles. The van der Waals surface area contributed by atoms with Gasteiger partial charge >= 0.3 is 29.5 Å². The molecule has 0 atom stereocenters. The maximum Gasteiger partial charge on any atom is 0.543 e. The summed E-state index contributed by atoms with van der Waals surface area (Å²) < 4.78 is 19.5. The van der Waals surface area contributed by atoms with Gasteiger partial charge in [-0.15, -0.1) is 0 Å². The lowest BCUT2D eigenvalue weighted by molar-refractivity contribution is 0.491. The van der Waals surface area contributed by atoms with Crippen molar-refractivity contribution in [3.05, 3.63) is 35.9 Å². The fourth-order valence-electron chi connectivity index (χ4n) is 0.759. The number of hydrogen-bond acceptors (Lipinski definition) is 7. The van der Waals surface area contributed by atoms with E-state index in [9.17, 15) is 4.57 Å². The molecule has 0 aliphatic carbocycles. The highest BCUT2D eigenvalue weighted by atomic mass is 33.1. The fraction of sp³-hybridized carbons (Fsp3) is 0.333. The number of benzene rings is 1. The largest absolute Gasteiger partial charge is 0.543 e. The van der Waals surface area contributed by atoms with Gasteiger partial charge in [-0.05, 0) is 10.1 Å². The minimum Gasteiger partial charge on any atom is -0.276 e. The second-order valence-corrected chi connectivity index (χ2v) is 8.92. The van der Waals surface area contributed by atoms with E-state index in [4.69, 9.17) is 0 Å². The van der Waals surface area contributed by atoms with Crippen molar-refractivity contribution in [1.82, 2.24) is 0 Å². The van der Waals surface area contributed by atoms with Crippen LogP contribution in [0.1, 0.15) is 10.1 Å². The van der Waals surface area contributed by atoms with Gasteiger partial charge in [0.25, 0.3) is 0 Å². The molecule has 0 saturated heterocycles. The van der Waals surface area contributed by atoms with Crippen LogP contribution < -0.4 is 0 Å². The highest BCUT2D eigenvalue weighted by Crippen LogP contribution is 2.50. The zero-order chi connectivity index (χ0) is 13.1. The van der Waals surface area contributed by atoms with Gasteiger partial charge in [0.1, 0.15) is 0 Å². The third kappa shape index (κ3) is 10.3. The Morgan fingerprint density at radius 3 is 1.88 bits per heavy atom. The first-order valence-electron chi connectivity index (χ1n) is 4.41. The first kappa shape index (κ1) is 17.6. The van der Waals surface area contributed by atoms with E-state index < -0.39 is 6.20 Å². The van der Waals surface area contributed by atoms with Crippen LogP contribution >= 0.6 is 54.8 Å². The summed E-state index contributed by atoms with van der Waals surface area (Å²) >= 11 is 10.1. The van der Waals surface area contributed by atoms with E-state index in [-0.39, 0.29) is 4.58 Å². The van der Waals surface area contributed by atoms with Gasteiger partial charge in [0.05, 0.1) is 18.8 Å². The summed E-state index contributed by atoms with van der Waals surface area (Å²) in [6.07, 6.45) is -1.44. The van der Waals surface area contributed by atoms with Crippen molar-refractivity contribution in [2.45, 2.75) is 4.58 Å². The summed E-state index contributed by atoms with van der Waals surface area (Å²) in [5.41, 5.74) is 1.14. The van der Waals surface area contributed by atoms with Crippen LogP contribution in [-0.2, 0) is 12.9 Å². The topological polar surface area (TPSA) is 35.5 Å². The normalized spacial score (nSPS) is 9.71. The molecule has 0 N–H and O–H groups in total. The Morgan fingerprint density at radius 1 is 1.12 bits per heavy atom. The summed E-state index contributed by atoms with van der Waals surface area (Å²) in [7, 11) is 2.93. The highest BCUT2D eigenvalue weighted by Gasteiger charge is 2.20. The molecule has 17 heavy (non-hydrogen) atoms. The maximum atomic E-state index is 10.5. The van der Waals surface area contributed by atoms with Crippen molar-refractivity contribution in [1.29, 1.82) is 0 Å². The molecule has 0 heterocycles.